The van der Waals surface area contributed by atoms with Crippen LogP contribution in [0.5, 0.6) is 0 Å². The van der Waals surface area contributed by atoms with Gasteiger partial charge in [0.2, 0.25) is 0 Å². The summed E-state index contributed by atoms with van der Waals surface area (Å²) in [6.45, 7) is 2.06. The Kier molecular flexibility index (Phi) is 5.51. The number of rotatable bonds is 6. The van der Waals surface area contributed by atoms with Crippen LogP contribution in [0.1, 0.15) is 43.0 Å². The van der Waals surface area contributed by atoms with E-state index in [9.17, 15) is 14.4 Å². The van der Waals surface area contributed by atoms with Crippen LogP contribution >= 0.6 is 0 Å². The summed E-state index contributed by atoms with van der Waals surface area (Å²) in [5, 5.41) is 13.9. The van der Waals surface area contributed by atoms with Crippen molar-refractivity contribution in [2.24, 2.45) is 0 Å². The van der Waals surface area contributed by atoms with E-state index in [0.717, 1.165) is 30.4 Å². The van der Waals surface area contributed by atoms with Crippen molar-refractivity contribution in [3.8, 4) is 0 Å². The van der Waals surface area contributed by atoms with E-state index in [1.54, 1.807) is 24.3 Å². The Hall–Kier alpha value is -2.63. The van der Waals surface area contributed by atoms with Gasteiger partial charge in [-0.1, -0.05) is 5.57 Å². The second-order valence-electron chi connectivity index (χ2n) is 5.54. The Morgan fingerprint density at radius 2 is 1.78 bits per heavy atom. The zero-order valence-electron chi connectivity index (χ0n) is 13.0. The lowest BCUT2D eigenvalue weighted by molar-refractivity contribution is -0.136. The normalized spacial score (nSPS) is 13.8. The van der Waals surface area contributed by atoms with Gasteiger partial charge in [0, 0.05) is 23.4 Å². The van der Waals surface area contributed by atoms with Crippen LogP contribution in [-0.4, -0.2) is 29.4 Å². The van der Waals surface area contributed by atoms with Crippen molar-refractivity contribution in [2.45, 2.75) is 32.6 Å². The number of nitrogens with one attached hydrogen (secondary N) is 2. The molecule has 6 nitrogen and oxygen atoms in total. The summed E-state index contributed by atoms with van der Waals surface area (Å²) in [4.78, 5) is 34.4. The first-order valence-corrected chi connectivity index (χ1v) is 7.57. The molecular formula is C17H20N2O4. The molecular weight excluding hydrogens is 296 g/mol. The number of allylic oxidation sites excluding steroid dienone is 1. The molecule has 0 unspecified atom stereocenters. The highest BCUT2D eigenvalue weighted by atomic mass is 16.4. The fraction of sp³-hybridized carbons (Fsp3) is 0.353. The third-order valence-corrected chi connectivity index (χ3v) is 3.80. The Labute approximate surface area is 134 Å². The minimum absolute atomic E-state index is 0.0834. The molecule has 122 valence electrons. The summed E-state index contributed by atoms with van der Waals surface area (Å²) < 4.78 is 0. The molecule has 23 heavy (non-hydrogen) atoms. The molecule has 0 radical (unpaired) electrons. The van der Waals surface area contributed by atoms with E-state index in [0.29, 0.717) is 11.3 Å². The maximum Gasteiger partial charge on any atom is 0.305 e. The summed E-state index contributed by atoms with van der Waals surface area (Å²) >= 11 is 0. The van der Waals surface area contributed by atoms with Gasteiger partial charge in [-0.2, -0.15) is 0 Å². The molecule has 0 spiro atoms. The van der Waals surface area contributed by atoms with Gasteiger partial charge in [-0.3, -0.25) is 14.4 Å². The summed E-state index contributed by atoms with van der Waals surface area (Å²) in [7, 11) is 0. The number of carbonyl (C=O) groups is 3. The number of anilines is 1. The lowest BCUT2D eigenvalue weighted by Gasteiger charge is -2.08. The largest absolute Gasteiger partial charge is 0.481 e. The topological polar surface area (TPSA) is 95.5 Å². The zero-order chi connectivity index (χ0) is 16.8. The van der Waals surface area contributed by atoms with Crippen LogP contribution in [0.15, 0.2) is 35.4 Å². The Morgan fingerprint density at radius 3 is 2.35 bits per heavy atom. The van der Waals surface area contributed by atoms with E-state index in [1.807, 2.05) is 6.92 Å². The molecule has 1 aliphatic rings. The van der Waals surface area contributed by atoms with Crippen molar-refractivity contribution in [1.82, 2.24) is 5.32 Å². The zero-order valence-corrected chi connectivity index (χ0v) is 13.0. The molecule has 1 aliphatic carbocycles. The quantitative estimate of drug-likeness (QED) is 0.750. The first-order chi connectivity index (χ1) is 11.0. The maximum atomic E-state index is 12.1. The minimum Gasteiger partial charge on any atom is -0.481 e. The molecule has 0 heterocycles. The Bertz CT molecular complexity index is 647. The highest BCUT2D eigenvalue weighted by Crippen LogP contribution is 2.26. The van der Waals surface area contributed by atoms with Crippen molar-refractivity contribution in [1.29, 1.82) is 0 Å². The van der Waals surface area contributed by atoms with Crippen LogP contribution in [0.2, 0.25) is 0 Å². The van der Waals surface area contributed by atoms with E-state index in [1.165, 1.54) is 0 Å². The summed E-state index contributed by atoms with van der Waals surface area (Å²) in [6, 6.07) is 6.52. The van der Waals surface area contributed by atoms with Crippen molar-refractivity contribution < 1.29 is 19.5 Å². The predicted octanol–water partition coefficient (Wildman–Crippen LogP) is 2.33. The summed E-state index contributed by atoms with van der Waals surface area (Å²) in [5.74, 6) is -1.38. The highest BCUT2D eigenvalue weighted by Gasteiger charge is 2.18. The summed E-state index contributed by atoms with van der Waals surface area (Å²) in [6.07, 6.45) is 2.68. The average Bonchev–Trinajstić information content (AvgIpc) is 2.93. The van der Waals surface area contributed by atoms with Crippen LogP contribution in [0.3, 0.4) is 0 Å². The predicted molar refractivity (Wildman–Crippen MR) is 86.2 cm³/mol. The molecule has 0 saturated heterocycles. The fourth-order valence-corrected chi connectivity index (χ4v) is 2.50. The van der Waals surface area contributed by atoms with Gasteiger partial charge in [-0.15, -0.1) is 0 Å². The number of hydrogen-bond donors (Lipinski definition) is 3. The molecule has 2 rings (SSSR count). The Morgan fingerprint density at radius 1 is 1.09 bits per heavy atom. The Balaban J connectivity index is 1.91. The molecule has 0 fully saturated rings. The summed E-state index contributed by atoms with van der Waals surface area (Å²) in [5.41, 5.74) is 3.03. The fourth-order valence-electron chi connectivity index (χ4n) is 2.50. The van der Waals surface area contributed by atoms with Gasteiger partial charge in [-0.05, 0) is 50.5 Å². The standard InChI is InChI=1S/C17H20N2O4/c1-11-3-2-4-14(11)17(23)19-13-7-5-12(6-8-13)16(22)18-10-9-15(20)21/h5-8H,2-4,9-10H2,1H3,(H,18,22)(H,19,23)(H,20,21). The average molecular weight is 316 g/mol. The van der Waals surface area contributed by atoms with Gasteiger partial charge >= 0.3 is 5.97 Å². The molecule has 1 aromatic rings. The second-order valence-corrected chi connectivity index (χ2v) is 5.54. The van der Waals surface area contributed by atoms with Gasteiger partial charge in [0.25, 0.3) is 11.8 Å². The molecule has 0 atom stereocenters. The number of benzene rings is 1. The molecule has 1 aromatic carbocycles. The minimum atomic E-state index is -0.958. The van der Waals surface area contributed by atoms with Gasteiger partial charge in [0.1, 0.15) is 0 Å². The molecule has 6 heteroatoms. The molecule has 2 amide bonds. The van der Waals surface area contributed by atoms with E-state index < -0.39 is 5.97 Å². The van der Waals surface area contributed by atoms with E-state index in [2.05, 4.69) is 10.6 Å². The number of aliphatic carboxylic acids is 1. The van der Waals surface area contributed by atoms with Crippen molar-refractivity contribution >= 4 is 23.5 Å². The SMILES string of the molecule is CC1=C(C(=O)Nc2ccc(C(=O)NCCC(=O)O)cc2)CCC1. The number of amides is 2. The van der Waals surface area contributed by atoms with Gasteiger partial charge in [-0.25, -0.2) is 0 Å². The maximum absolute atomic E-state index is 12.1. The number of carboxylic acids is 1. The molecule has 0 bridgehead atoms. The number of carbonyl (C=O) groups excluding carboxylic acids is 2. The van der Waals surface area contributed by atoms with Crippen LogP contribution in [0.4, 0.5) is 5.69 Å². The first kappa shape index (κ1) is 16.7. The second kappa shape index (κ2) is 7.58. The highest BCUT2D eigenvalue weighted by molar-refractivity contribution is 6.04. The van der Waals surface area contributed by atoms with E-state index in [-0.39, 0.29) is 24.8 Å². The van der Waals surface area contributed by atoms with Gasteiger partial charge in [0.15, 0.2) is 0 Å². The smallest absolute Gasteiger partial charge is 0.305 e. The van der Waals surface area contributed by atoms with Gasteiger partial charge in [0.05, 0.1) is 6.42 Å². The van der Waals surface area contributed by atoms with Crippen LogP contribution in [0.25, 0.3) is 0 Å². The van der Waals surface area contributed by atoms with Crippen LogP contribution in [-0.2, 0) is 9.59 Å². The third kappa shape index (κ3) is 4.67. The van der Waals surface area contributed by atoms with Crippen LogP contribution in [0, 0.1) is 0 Å². The lowest BCUT2D eigenvalue weighted by Crippen LogP contribution is -2.25. The lowest BCUT2D eigenvalue weighted by atomic mass is 10.1. The van der Waals surface area contributed by atoms with E-state index in [4.69, 9.17) is 5.11 Å². The monoisotopic (exact) mass is 316 g/mol. The van der Waals surface area contributed by atoms with Gasteiger partial charge < -0.3 is 15.7 Å². The first-order valence-electron chi connectivity index (χ1n) is 7.57. The molecule has 0 saturated carbocycles. The van der Waals surface area contributed by atoms with Crippen molar-refractivity contribution in [2.75, 3.05) is 11.9 Å². The molecule has 0 aliphatic heterocycles. The van der Waals surface area contributed by atoms with Crippen LogP contribution < -0.4 is 10.6 Å². The third-order valence-electron chi connectivity index (χ3n) is 3.80. The number of hydrogen-bond acceptors (Lipinski definition) is 3. The van der Waals surface area contributed by atoms with Crippen molar-refractivity contribution in [3.05, 3.63) is 41.0 Å². The molecule has 3 N–H and O–H groups in total. The van der Waals surface area contributed by atoms with E-state index >= 15 is 0 Å². The number of carboxylic acid groups (broad SMARTS) is 1. The molecule has 0 aromatic heterocycles. The van der Waals surface area contributed by atoms with Crippen molar-refractivity contribution in [3.63, 3.8) is 0 Å².